The minimum absolute atomic E-state index is 0.223. The molecule has 5 heteroatoms. The van der Waals surface area contributed by atoms with Crippen molar-refractivity contribution in [3.8, 4) is 0 Å². The van der Waals surface area contributed by atoms with Gasteiger partial charge in [-0.1, -0.05) is 6.07 Å². The van der Waals surface area contributed by atoms with E-state index >= 15 is 0 Å². The van der Waals surface area contributed by atoms with E-state index in [-0.39, 0.29) is 10.6 Å². The van der Waals surface area contributed by atoms with Crippen LogP contribution in [0.5, 0.6) is 0 Å². The van der Waals surface area contributed by atoms with Gasteiger partial charge in [0, 0.05) is 30.9 Å². The van der Waals surface area contributed by atoms with Gasteiger partial charge in [0.05, 0.1) is 10.5 Å². The van der Waals surface area contributed by atoms with Crippen LogP contribution in [0.2, 0.25) is 0 Å². The molecule has 5 nitrogen and oxygen atoms in total. The number of nitro benzene ring substituents is 1. The van der Waals surface area contributed by atoms with Gasteiger partial charge in [-0.3, -0.25) is 10.1 Å². The molecule has 0 spiro atoms. The molecule has 1 aromatic rings. The molecule has 2 atom stereocenters. The predicted molar refractivity (Wildman–Crippen MR) is 74.6 cm³/mol. The Bertz CT molecular complexity index is 489. The lowest BCUT2D eigenvalue weighted by Gasteiger charge is -2.24. The van der Waals surface area contributed by atoms with Crippen molar-refractivity contribution in [2.75, 3.05) is 24.5 Å². The number of rotatable bonds is 2. The Labute approximate surface area is 112 Å². The first-order valence-corrected chi connectivity index (χ1v) is 6.89. The number of piperidine rings is 1. The first-order chi connectivity index (χ1) is 9.16. The molecule has 0 aliphatic carbocycles. The summed E-state index contributed by atoms with van der Waals surface area (Å²) in [6.07, 6.45) is 2.51. The Hall–Kier alpha value is -1.62. The second-order valence-corrected chi connectivity index (χ2v) is 5.55. The van der Waals surface area contributed by atoms with Crippen LogP contribution in [0.15, 0.2) is 18.2 Å². The van der Waals surface area contributed by atoms with Gasteiger partial charge in [-0.2, -0.15) is 0 Å². The second kappa shape index (κ2) is 4.81. The fourth-order valence-corrected chi connectivity index (χ4v) is 3.40. The monoisotopic (exact) mass is 261 g/mol. The average molecular weight is 261 g/mol. The quantitative estimate of drug-likeness (QED) is 0.654. The Morgan fingerprint density at radius 1 is 1.42 bits per heavy atom. The maximum atomic E-state index is 11.0. The van der Waals surface area contributed by atoms with Gasteiger partial charge in [0.25, 0.3) is 5.69 Å². The van der Waals surface area contributed by atoms with Crippen LogP contribution in [0, 0.1) is 23.0 Å². The maximum Gasteiger partial charge on any atom is 0.274 e. The second-order valence-electron chi connectivity index (χ2n) is 5.55. The van der Waals surface area contributed by atoms with Crippen molar-refractivity contribution >= 4 is 11.4 Å². The highest BCUT2D eigenvalue weighted by molar-refractivity contribution is 5.62. The molecule has 2 unspecified atom stereocenters. The molecule has 19 heavy (non-hydrogen) atoms. The van der Waals surface area contributed by atoms with Crippen LogP contribution in [-0.2, 0) is 0 Å². The first kappa shape index (κ1) is 12.4. The normalized spacial score (nSPS) is 26.3. The number of fused-ring (bicyclic) bond motifs is 1. The summed E-state index contributed by atoms with van der Waals surface area (Å²) in [5.74, 6) is 0.687. The number of nitro groups is 1. The van der Waals surface area contributed by atoms with E-state index in [9.17, 15) is 10.1 Å². The lowest BCUT2D eigenvalue weighted by molar-refractivity contribution is -0.385. The van der Waals surface area contributed by atoms with Gasteiger partial charge in [-0.15, -0.1) is 0 Å². The minimum atomic E-state index is -0.291. The van der Waals surface area contributed by atoms with Gasteiger partial charge in [-0.25, -0.2) is 0 Å². The summed E-state index contributed by atoms with van der Waals surface area (Å²) in [6, 6.07) is 5.92. The highest BCUT2D eigenvalue weighted by Crippen LogP contribution is 2.34. The van der Waals surface area contributed by atoms with Crippen LogP contribution in [0.25, 0.3) is 0 Å². The number of hydrogen-bond donors (Lipinski definition) is 1. The van der Waals surface area contributed by atoms with E-state index < -0.39 is 0 Å². The fraction of sp³-hybridized carbons (Fsp3) is 0.571. The molecule has 1 N–H and O–H groups in total. The van der Waals surface area contributed by atoms with Gasteiger partial charge >= 0.3 is 0 Å². The SMILES string of the molecule is Cc1c(N2CC3CCCNC3C2)cccc1[N+](=O)[O-]. The van der Waals surface area contributed by atoms with Gasteiger partial charge in [0.1, 0.15) is 0 Å². The zero-order valence-corrected chi connectivity index (χ0v) is 11.1. The van der Waals surface area contributed by atoms with Gasteiger partial charge < -0.3 is 10.2 Å². The standard InChI is InChI=1S/C14H19N3O2/c1-10-13(5-2-6-14(10)17(18)19)16-8-11-4-3-7-15-12(11)9-16/h2,5-6,11-12,15H,3-4,7-9H2,1H3. The van der Waals surface area contributed by atoms with Crippen molar-refractivity contribution in [3.63, 3.8) is 0 Å². The van der Waals surface area contributed by atoms with Gasteiger partial charge in [0.15, 0.2) is 0 Å². The number of nitrogens with one attached hydrogen (secondary N) is 1. The van der Waals surface area contributed by atoms with E-state index in [0.717, 1.165) is 30.9 Å². The molecule has 3 rings (SSSR count). The maximum absolute atomic E-state index is 11.0. The van der Waals surface area contributed by atoms with Crippen LogP contribution in [-0.4, -0.2) is 30.6 Å². The summed E-state index contributed by atoms with van der Waals surface area (Å²) >= 11 is 0. The van der Waals surface area contributed by atoms with Crippen molar-refractivity contribution < 1.29 is 4.92 Å². The topological polar surface area (TPSA) is 58.4 Å². The average Bonchev–Trinajstić information content (AvgIpc) is 2.82. The molecule has 2 fully saturated rings. The summed E-state index contributed by atoms with van der Waals surface area (Å²) in [4.78, 5) is 13.0. The third-order valence-electron chi connectivity index (χ3n) is 4.41. The first-order valence-electron chi connectivity index (χ1n) is 6.89. The van der Waals surface area contributed by atoms with Gasteiger partial charge in [0.2, 0.25) is 0 Å². The van der Waals surface area contributed by atoms with Crippen LogP contribution in [0.1, 0.15) is 18.4 Å². The summed E-state index contributed by atoms with van der Waals surface area (Å²) in [6.45, 7) is 4.93. The Balaban J connectivity index is 1.87. The minimum Gasteiger partial charge on any atom is -0.369 e. The van der Waals surface area contributed by atoms with E-state index in [1.807, 2.05) is 13.0 Å². The molecule has 0 radical (unpaired) electrons. The Morgan fingerprint density at radius 3 is 3.00 bits per heavy atom. The number of nitrogens with zero attached hydrogens (tertiary/aromatic N) is 2. The molecule has 1 aromatic carbocycles. The van der Waals surface area contributed by atoms with Crippen LogP contribution in [0.4, 0.5) is 11.4 Å². The largest absolute Gasteiger partial charge is 0.369 e. The fourth-order valence-electron chi connectivity index (χ4n) is 3.40. The molecule has 2 heterocycles. The van der Waals surface area contributed by atoms with Crippen molar-refractivity contribution in [2.45, 2.75) is 25.8 Å². The van der Waals surface area contributed by atoms with E-state index in [1.54, 1.807) is 12.1 Å². The molecule has 0 bridgehead atoms. The molecule has 0 saturated carbocycles. The van der Waals surface area contributed by atoms with Crippen molar-refractivity contribution in [1.82, 2.24) is 5.32 Å². The van der Waals surface area contributed by atoms with Crippen molar-refractivity contribution in [3.05, 3.63) is 33.9 Å². The summed E-state index contributed by atoms with van der Waals surface area (Å²) in [5, 5.41) is 14.6. The molecule has 2 aliphatic rings. The number of hydrogen-bond acceptors (Lipinski definition) is 4. The number of benzene rings is 1. The van der Waals surface area contributed by atoms with E-state index in [4.69, 9.17) is 0 Å². The van der Waals surface area contributed by atoms with Crippen LogP contribution in [0.3, 0.4) is 0 Å². The summed E-state index contributed by atoms with van der Waals surface area (Å²) in [7, 11) is 0. The third kappa shape index (κ3) is 2.18. The zero-order chi connectivity index (χ0) is 13.4. The molecule has 0 amide bonds. The third-order valence-corrected chi connectivity index (χ3v) is 4.41. The summed E-state index contributed by atoms with van der Waals surface area (Å²) < 4.78 is 0. The van der Waals surface area contributed by atoms with E-state index in [1.165, 1.54) is 12.8 Å². The highest BCUT2D eigenvalue weighted by Gasteiger charge is 2.35. The van der Waals surface area contributed by atoms with E-state index in [0.29, 0.717) is 12.0 Å². The smallest absolute Gasteiger partial charge is 0.274 e. The Kier molecular flexibility index (Phi) is 3.14. The molecule has 102 valence electrons. The van der Waals surface area contributed by atoms with Crippen LogP contribution >= 0.6 is 0 Å². The lowest BCUT2D eigenvalue weighted by Crippen LogP contribution is -2.40. The van der Waals surface area contributed by atoms with Crippen LogP contribution < -0.4 is 10.2 Å². The van der Waals surface area contributed by atoms with Gasteiger partial charge in [-0.05, 0) is 38.3 Å². The molecule has 0 aromatic heterocycles. The van der Waals surface area contributed by atoms with Crippen molar-refractivity contribution in [1.29, 1.82) is 0 Å². The molecular formula is C14H19N3O2. The molecular weight excluding hydrogens is 242 g/mol. The van der Waals surface area contributed by atoms with Crippen molar-refractivity contribution in [2.24, 2.45) is 5.92 Å². The molecule has 2 aliphatic heterocycles. The zero-order valence-electron chi connectivity index (χ0n) is 11.1. The molecule has 2 saturated heterocycles. The predicted octanol–water partition coefficient (Wildman–Crippen LogP) is 2.09. The number of anilines is 1. The van der Waals surface area contributed by atoms with E-state index in [2.05, 4.69) is 10.2 Å². The Morgan fingerprint density at radius 2 is 2.26 bits per heavy atom. The lowest BCUT2D eigenvalue weighted by atomic mass is 9.94. The highest BCUT2D eigenvalue weighted by atomic mass is 16.6. The summed E-state index contributed by atoms with van der Waals surface area (Å²) in [5.41, 5.74) is 2.02.